The molecule has 1 saturated carbocycles. The van der Waals surface area contributed by atoms with Crippen molar-refractivity contribution in [2.24, 2.45) is 0 Å². The molecular weight excluding hydrogens is 246 g/mol. The summed E-state index contributed by atoms with van der Waals surface area (Å²) in [5.74, 6) is -1.18. The highest BCUT2D eigenvalue weighted by Crippen LogP contribution is 2.22. The molecule has 110 valence electrons. The second kappa shape index (κ2) is 8.15. The molecule has 0 spiro atoms. The summed E-state index contributed by atoms with van der Waals surface area (Å²) < 4.78 is 5.88. The van der Waals surface area contributed by atoms with E-state index in [-0.39, 0.29) is 18.6 Å². The molecule has 0 bridgehead atoms. The number of carbonyl (C=O) groups excluding carboxylic acids is 1. The maximum atomic E-state index is 12.3. The van der Waals surface area contributed by atoms with Crippen LogP contribution in [-0.4, -0.2) is 47.2 Å². The molecule has 0 aromatic rings. The summed E-state index contributed by atoms with van der Waals surface area (Å²) in [7, 11) is 0. The highest BCUT2D eigenvalue weighted by molar-refractivity contribution is 5.84. The molecule has 1 N–H and O–H groups in total. The van der Waals surface area contributed by atoms with Crippen LogP contribution in [0.15, 0.2) is 0 Å². The summed E-state index contributed by atoms with van der Waals surface area (Å²) in [5.41, 5.74) is 0. The number of carboxylic acid groups (broad SMARTS) is 1. The molecule has 1 rings (SSSR count). The lowest BCUT2D eigenvalue weighted by molar-refractivity contribution is -0.154. The van der Waals surface area contributed by atoms with Gasteiger partial charge < -0.3 is 14.7 Å². The molecular formula is C14H25NO4. The Kier molecular flexibility index (Phi) is 6.84. The molecule has 1 amide bonds. The fraction of sp³-hybridized carbons (Fsp3) is 0.857. The number of hydrogen-bond acceptors (Lipinski definition) is 3. The van der Waals surface area contributed by atoms with Gasteiger partial charge >= 0.3 is 5.97 Å². The van der Waals surface area contributed by atoms with Crippen LogP contribution < -0.4 is 0 Å². The summed E-state index contributed by atoms with van der Waals surface area (Å²) in [6, 6.07) is 0. The number of likely N-dealkylation sites (N-methyl/N-ethyl adjacent to an activating group) is 1. The molecule has 5 nitrogen and oxygen atoms in total. The van der Waals surface area contributed by atoms with E-state index < -0.39 is 12.1 Å². The first-order valence-electron chi connectivity index (χ1n) is 7.24. The van der Waals surface area contributed by atoms with E-state index in [0.29, 0.717) is 13.0 Å². The Bertz CT molecular complexity index is 300. The lowest BCUT2D eigenvalue weighted by atomic mass is 9.97. The van der Waals surface area contributed by atoms with Gasteiger partial charge in [0.05, 0.1) is 6.10 Å². The number of amides is 1. The molecule has 1 aliphatic carbocycles. The molecule has 1 unspecified atom stereocenters. The van der Waals surface area contributed by atoms with Crippen LogP contribution in [0, 0.1) is 0 Å². The van der Waals surface area contributed by atoms with Crippen LogP contribution >= 0.6 is 0 Å². The predicted molar refractivity (Wildman–Crippen MR) is 71.9 cm³/mol. The Morgan fingerprint density at radius 2 is 1.89 bits per heavy atom. The Balaban J connectivity index is 2.55. The minimum atomic E-state index is -0.984. The van der Waals surface area contributed by atoms with Crippen molar-refractivity contribution in [1.82, 2.24) is 4.90 Å². The summed E-state index contributed by atoms with van der Waals surface area (Å²) in [6.45, 7) is 3.84. The third kappa shape index (κ3) is 5.19. The van der Waals surface area contributed by atoms with Gasteiger partial charge in [0.1, 0.15) is 12.6 Å². The fourth-order valence-corrected chi connectivity index (χ4v) is 2.48. The van der Waals surface area contributed by atoms with Gasteiger partial charge in [0.25, 0.3) is 5.91 Å². The molecule has 1 fully saturated rings. The van der Waals surface area contributed by atoms with E-state index in [4.69, 9.17) is 9.84 Å². The minimum absolute atomic E-state index is 0.159. The highest BCUT2D eigenvalue weighted by Gasteiger charge is 2.27. The number of carboxylic acids is 1. The predicted octanol–water partition coefficient (Wildman–Crippen LogP) is 2.05. The summed E-state index contributed by atoms with van der Waals surface area (Å²) in [5, 5.41) is 8.81. The molecule has 0 aliphatic heterocycles. The third-order valence-corrected chi connectivity index (χ3v) is 3.57. The zero-order valence-corrected chi connectivity index (χ0v) is 11.9. The zero-order valence-electron chi connectivity index (χ0n) is 11.9. The van der Waals surface area contributed by atoms with Crippen molar-refractivity contribution in [2.45, 2.75) is 64.6 Å². The van der Waals surface area contributed by atoms with Crippen molar-refractivity contribution < 1.29 is 19.4 Å². The van der Waals surface area contributed by atoms with Gasteiger partial charge in [-0.2, -0.15) is 0 Å². The second-order valence-electron chi connectivity index (χ2n) is 5.04. The van der Waals surface area contributed by atoms with Crippen LogP contribution in [0.4, 0.5) is 0 Å². The van der Waals surface area contributed by atoms with E-state index >= 15 is 0 Å². The fourth-order valence-electron chi connectivity index (χ4n) is 2.48. The first-order valence-corrected chi connectivity index (χ1v) is 7.24. The molecule has 5 heteroatoms. The van der Waals surface area contributed by atoms with E-state index in [1.807, 2.05) is 6.92 Å². The van der Waals surface area contributed by atoms with Crippen LogP contribution in [0.5, 0.6) is 0 Å². The maximum absolute atomic E-state index is 12.3. The Hall–Kier alpha value is -1.10. The van der Waals surface area contributed by atoms with Crippen LogP contribution in [0.2, 0.25) is 0 Å². The molecule has 0 heterocycles. The number of rotatable bonds is 7. The summed E-state index contributed by atoms with van der Waals surface area (Å²) >= 11 is 0. The van der Waals surface area contributed by atoms with Crippen molar-refractivity contribution in [3.63, 3.8) is 0 Å². The number of hydrogen-bond donors (Lipinski definition) is 1. The maximum Gasteiger partial charge on any atom is 0.323 e. The quantitative estimate of drug-likeness (QED) is 0.769. The van der Waals surface area contributed by atoms with Crippen LogP contribution in [0.25, 0.3) is 0 Å². The molecule has 0 saturated heterocycles. The lowest BCUT2D eigenvalue weighted by Crippen LogP contribution is -2.44. The van der Waals surface area contributed by atoms with Gasteiger partial charge in [0.15, 0.2) is 0 Å². The van der Waals surface area contributed by atoms with Crippen molar-refractivity contribution in [3.05, 3.63) is 0 Å². The summed E-state index contributed by atoms with van der Waals surface area (Å²) in [6.07, 6.45) is 5.82. The Morgan fingerprint density at radius 3 is 2.37 bits per heavy atom. The van der Waals surface area contributed by atoms with Gasteiger partial charge in [-0.05, 0) is 26.2 Å². The van der Waals surface area contributed by atoms with Crippen molar-refractivity contribution >= 4 is 11.9 Å². The lowest BCUT2D eigenvalue weighted by Gasteiger charge is -2.29. The molecule has 1 atom stereocenters. The summed E-state index contributed by atoms with van der Waals surface area (Å²) in [4.78, 5) is 24.3. The van der Waals surface area contributed by atoms with E-state index in [1.54, 1.807) is 6.92 Å². The highest BCUT2D eigenvalue weighted by atomic mass is 16.5. The minimum Gasteiger partial charge on any atom is -0.480 e. The number of aliphatic carboxylic acids is 1. The average molecular weight is 271 g/mol. The van der Waals surface area contributed by atoms with Crippen molar-refractivity contribution in [1.29, 1.82) is 0 Å². The van der Waals surface area contributed by atoms with E-state index in [1.165, 1.54) is 11.3 Å². The van der Waals surface area contributed by atoms with Gasteiger partial charge in [-0.15, -0.1) is 0 Å². The van der Waals surface area contributed by atoms with E-state index in [9.17, 15) is 9.59 Å². The zero-order chi connectivity index (χ0) is 14.3. The van der Waals surface area contributed by atoms with Gasteiger partial charge in [0.2, 0.25) is 0 Å². The van der Waals surface area contributed by atoms with Crippen molar-refractivity contribution in [3.8, 4) is 0 Å². The SMILES string of the molecule is CCC(OC1CCCCC1)C(=O)N(CC)CC(=O)O. The van der Waals surface area contributed by atoms with E-state index in [2.05, 4.69) is 0 Å². The van der Waals surface area contributed by atoms with E-state index in [0.717, 1.165) is 25.7 Å². The standard InChI is InChI=1S/C14H25NO4/c1-3-12(19-11-8-6-5-7-9-11)14(18)15(4-2)10-13(16)17/h11-12H,3-10H2,1-2H3,(H,16,17). The molecule has 0 radical (unpaired) electrons. The Labute approximate surface area is 114 Å². The number of carbonyl (C=O) groups is 2. The monoisotopic (exact) mass is 271 g/mol. The first-order chi connectivity index (χ1) is 9.08. The molecule has 1 aliphatic rings. The normalized spacial score (nSPS) is 18.0. The smallest absolute Gasteiger partial charge is 0.323 e. The van der Waals surface area contributed by atoms with Crippen LogP contribution in [0.3, 0.4) is 0 Å². The van der Waals surface area contributed by atoms with Gasteiger partial charge in [-0.25, -0.2) is 0 Å². The number of ether oxygens (including phenoxy) is 1. The Morgan fingerprint density at radius 1 is 1.26 bits per heavy atom. The molecule has 19 heavy (non-hydrogen) atoms. The second-order valence-corrected chi connectivity index (χ2v) is 5.04. The topological polar surface area (TPSA) is 66.8 Å². The van der Waals surface area contributed by atoms with Gasteiger partial charge in [-0.3, -0.25) is 9.59 Å². The largest absolute Gasteiger partial charge is 0.480 e. The van der Waals surface area contributed by atoms with Crippen LogP contribution in [0.1, 0.15) is 52.4 Å². The van der Waals surface area contributed by atoms with Crippen molar-refractivity contribution in [2.75, 3.05) is 13.1 Å². The van der Waals surface area contributed by atoms with Gasteiger partial charge in [0, 0.05) is 6.54 Å². The third-order valence-electron chi connectivity index (χ3n) is 3.57. The molecule has 0 aromatic heterocycles. The van der Waals surface area contributed by atoms with Gasteiger partial charge in [-0.1, -0.05) is 26.2 Å². The average Bonchev–Trinajstić information content (AvgIpc) is 2.42. The molecule has 0 aromatic carbocycles. The van der Waals surface area contributed by atoms with Crippen LogP contribution in [-0.2, 0) is 14.3 Å². The number of nitrogens with zero attached hydrogens (tertiary/aromatic N) is 1. The first kappa shape index (κ1) is 16.0.